The fourth-order valence-electron chi connectivity index (χ4n) is 5.98. The monoisotopic (exact) mass is 528 g/mol. The van der Waals surface area contributed by atoms with Gasteiger partial charge in [-0.3, -0.25) is 14.7 Å². The second-order valence-electron chi connectivity index (χ2n) is 11.2. The molecule has 1 amide bonds. The number of hydrogen-bond acceptors (Lipinski definition) is 6. The molecule has 0 radical (unpaired) electrons. The van der Waals surface area contributed by atoms with E-state index in [9.17, 15) is 4.79 Å². The fraction of sp³-hybridized carbons (Fsp3) is 0.531. The Kier molecular flexibility index (Phi) is 9.43. The van der Waals surface area contributed by atoms with Gasteiger partial charge in [0.05, 0.1) is 17.4 Å². The maximum absolute atomic E-state index is 13.1. The highest BCUT2D eigenvalue weighted by molar-refractivity contribution is 5.96. The fourth-order valence-corrected chi connectivity index (χ4v) is 5.98. The highest BCUT2D eigenvalue weighted by Crippen LogP contribution is 2.30. The lowest BCUT2D eigenvalue weighted by molar-refractivity contribution is 0.0808. The molecule has 3 aromatic rings. The summed E-state index contributed by atoms with van der Waals surface area (Å²) in [6.07, 6.45) is 13.6. The van der Waals surface area contributed by atoms with Gasteiger partial charge in [-0.05, 0) is 88.8 Å². The Labute approximate surface area is 233 Å². The number of nitrogens with zero attached hydrogens (tertiary/aromatic N) is 4. The van der Waals surface area contributed by atoms with E-state index >= 15 is 0 Å². The van der Waals surface area contributed by atoms with Crippen LogP contribution in [0.3, 0.4) is 0 Å². The van der Waals surface area contributed by atoms with E-state index in [0.717, 1.165) is 72.4 Å². The predicted octanol–water partition coefficient (Wildman–Crippen LogP) is 5.84. The smallest absolute Gasteiger partial charge is 0.252 e. The van der Waals surface area contributed by atoms with Crippen LogP contribution in [0.15, 0.2) is 42.7 Å². The molecule has 208 valence electrons. The first-order chi connectivity index (χ1) is 19.1. The summed E-state index contributed by atoms with van der Waals surface area (Å²) in [5, 5.41) is 7.99. The molecule has 0 spiro atoms. The lowest BCUT2D eigenvalue weighted by Crippen LogP contribution is -2.49. The Morgan fingerprint density at radius 2 is 1.69 bits per heavy atom. The Balaban J connectivity index is 1.29. The molecule has 2 aliphatic heterocycles. The number of amides is 1. The van der Waals surface area contributed by atoms with Crippen molar-refractivity contribution in [3.8, 4) is 11.3 Å². The summed E-state index contributed by atoms with van der Waals surface area (Å²) < 4.78 is 0. The number of fused-ring (bicyclic) bond motifs is 1. The average Bonchev–Trinajstić information content (AvgIpc) is 2.99. The number of carbonyl (C=O) groups excluding carboxylic acids is 1. The standard InChI is InChI=1S/C32H44N6O/c1-3-30(38-19-8-5-9-20-38)36-32(39)26-13-11-25(12-14-26)28-21-29(27-23-33-22-24(2)31(27)35-28)34-15-10-18-37-16-6-4-7-17-37/h11-14,21-23,30H,3-10,15-20H2,1-2H3,(H,34,35)(H,36,39). The normalized spacial score (nSPS) is 17.7. The quantitative estimate of drug-likeness (QED) is 0.322. The molecule has 7 heteroatoms. The summed E-state index contributed by atoms with van der Waals surface area (Å²) in [6.45, 7) is 10.9. The highest BCUT2D eigenvalue weighted by Gasteiger charge is 2.21. The lowest BCUT2D eigenvalue weighted by Gasteiger charge is -2.34. The van der Waals surface area contributed by atoms with Crippen molar-refractivity contribution >= 4 is 22.5 Å². The highest BCUT2D eigenvalue weighted by atomic mass is 16.1. The van der Waals surface area contributed by atoms with Crippen molar-refractivity contribution in [1.29, 1.82) is 0 Å². The van der Waals surface area contributed by atoms with Crippen molar-refractivity contribution in [3.63, 3.8) is 0 Å². The van der Waals surface area contributed by atoms with Crippen LogP contribution in [-0.4, -0.2) is 71.1 Å². The van der Waals surface area contributed by atoms with E-state index in [4.69, 9.17) is 4.98 Å². The van der Waals surface area contributed by atoms with Gasteiger partial charge in [-0.2, -0.15) is 0 Å². The molecule has 2 aliphatic rings. The minimum Gasteiger partial charge on any atom is -0.384 e. The van der Waals surface area contributed by atoms with E-state index < -0.39 is 0 Å². The molecule has 1 unspecified atom stereocenters. The molecule has 2 saturated heterocycles. The summed E-state index contributed by atoms with van der Waals surface area (Å²) in [5.74, 6) is -0.0107. The molecule has 5 rings (SSSR count). The third-order valence-electron chi connectivity index (χ3n) is 8.28. The number of likely N-dealkylation sites (tertiary alicyclic amines) is 2. The van der Waals surface area contributed by atoms with Crippen LogP contribution in [0, 0.1) is 6.92 Å². The van der Waals surface area contributed by atoms with Gasteiger partial charge in [0.15, 0.2) is 0 Å². The molecule has 39 heavy (non-hydrogen) atoms. The molecule has 1 atom stereocenters. The maximum Gasteiger partial charge on any atom is 0.252 e. The molecule has 7 nitrogen and oxygen atoms in total. The van der Waals surface area contributed by atoms with Gasteiger partial charge in [0.25, 0.3) is 5.91 Å². The second kappa shape index (κ2) is 13.4. The van der Waals surface area contributed by atoms with E-state index in [1.807, 2.05) is 36.7 Å². The van der Waals surface area contributed by atoms with E-state index in [1.165, 1.54) is 51.6 Å². The summed E-state index contributed by atoms with van der Waals surface area (Å²) in [5.41, 5.74) is 5.69. The van der Waals surface area contributed by atoms with Crippen LogP contribution < -0.4 is 10.6 Å². The van der Waals surface area contributed by atoms with Crippen molar-refractivity contribution in [2.75, 3.05) is 44.6 Å². The third-order valence-corrected chi connectivity index (χ3v) is 8.28. The van der Waals surface area contributed by atoms with Crippen LogP contribution in [0.1, 0.15) is 74.2 Å². The summed E-state index contributed by atoms with van der Waals surface area (Å²) in [4.78, 5) is 27.5. The third kappa shape index (κ3) is 6.95. The maximum atomic E-state index is 13.1. The molecule has 0 aliphatic carbocycles. The van der Waals surface area contributed by atoms with E-state index in [0.29, 0.717) is 5.56 Å². The predicted molar refractivity (Wildman–Crippen MR) is 160 cm³/mol. The summed E-state index contributed by atoms with van der Waals surface area (Å²) >= 11 is 0. The van der Waals surface area contributed by atoms with E-state index in [2.05, 4.69) is 45.3 Å². The first kappa shape index (κ1) is 27.5. The zero-order chi connectivity index (χ0) is 27.0. The van der Waals surface area contributed by atoms with Crippen molar-refractivity contribution in [2.24, 2.45) is 0 Å². The van der Waals surface area contributed by atoms with Crippen LogP contribution in [-0.2, 0) is 0 Å². The van der Waals surface area contributed by atoms with Gasteiger partial charge in [0.1, 0.15) is 0 Å². The van der Waals surface area contributed by atoms with Crippen molar-refractivity contribution in [3.05, 3.63) is 53.9 Å². The van der Waals surface area contributed by atoms with Crippen LogP contribution in [0.25, 0.3) is 22.2 Å². The number of carbonyl (C=O) groups is 1. The zero-order valence-corrected chi connectivity index (χ0v) is 23.7. The Morgan fingerprint density at radius 3 is 2.41 bits per heavy atom. The minimum absolute atomic E-state index is 0.0107. The number of rotatable bonds is 10. The van der Waals surface area contributed by atoms with Gasteiger partial charge in [-0.25, -0.2) is 4.98 Å². The molecule has 1 aromatic carbocycles. The summed E-state index contributed by atoms with van der Waals surface area (Å²) in [6, 6.07) is 10.0. The number of hydrogen-bond donors (Lipinski definition) is 2. The van der Waals surface area contributed by atoms with Crippen LogP contribution in [0.2, 0.25) is 0 Å². The van der Waals surface area contributed by atoms with Gasteiger partial charge >= 0.3 is 0 Å². The topological polar surface area (TPSA) is 73.4 Å². The molecule has 2 fully saturated rings. The minimum atomic E-state index is -0.0107. The number of nitrogens with one attached hydrogen (secondary N) is 2. The van der Waals surface area contributed by atoms with Gasteiger partial charge in [-0.15, -0.1) is 0 Å². The zero-order valence-electron chi connectivity index (χ0n) is 23.7. The van der Waals surface area contributed by atoms with Crippen molar-refractivity contribution < 1.29 is 4.79 Å². The number of aryl methyl sites for hydroxylation is 1. The second-order valence-corrected chi connectivity index (χ2v) is 11.2. The van der Waals surface area contributed by atoms with Crippen LogP contribution in [0.4, 0.5) is 5.69 Å². The Bertz CT molecular complexity index is 1230. The first-order valence-corrected chi connectivity index (χ1v) is 15.0. The van der Waals surface area contributed by atoms with Crippen molar-refractivity contribution in [1.82, 2.24) is 25.1 Å². The Hall–Kier alpha value is -3.03. The number of benzene rings is 1. The van der Waals surface area contributed by atoms with Crippen LogP contribution in [0.5, 0.6) is 0 Å². The van der Waals surface area contributed by atoms with E-state index in [1.54, 1.807) is 0 Å². The van der Waals surface area contributed by atoms with E-state index in [-0.39, 0.29) is 12.1 Å². The largest absolute Gasteiger partial charge is 0.384 e. The molecule has 2 N–H and O–H groups in total. The van der Waals surface area contributed by atoms with Gasteiger partial charge in [0, 0.05) is 54.2 Å². The number of pyridine rings is 2. The molecule has 0 bridgehead atoms. The molecular formula is C32H44N6O. The van der Waals surface area contributed by atoms with Gasteiger partial charge in [0.2, 0.25) is 0 Å². The van der Waals surface area contributed by atoms with Gasteiger partial charge in [-0.1, -0.05) is 31.9 Å². The van der Waals surface area contributed by atoms with Crippen LogP contribution >= 0.6 is 0 Å². The molecule has 4 heterocycles. The first-order valence-electron chi connectivity index (χ1n) is 15.0. The Morgan fingerprint density at radius 1 is 0.974 bits per heavy atom. The van der Waals surface area contributed by atoms with Crippen molar-refractivity contribution in [2.45, 2.75) is 71.4 Å². The average molecular weight is 529 g/mol. The number of anilines is 1. The number of piperidine rings is 2. The molecule has 0 saturated carbocycles. The summed E-state index contributed by atoms with van der Waals surface area (Å²) in [7, 11) is 0. The van der Waals surface area contributed by atoms with Gasteiger partial charge < -0.3 is 15.5 Å². The SMILES string of the molecule is CCC(NC(=O)c1ccc(-c2cc(NCCCN3CCCCC3)c3cncc(C)c3n2)cc1)N1CCCCC1. The molecular weight excluding hydrogens is 484 g/mol. The molecule has 2 aromatic heterocycles. The lowest BCUT2D eigenvalue weighted by atomic mass is 10.0. The number of aromatic nitrogens is 2.